The third kappa shape index (κ3) is 2.46. The number of aliphatic carboxylic acids is 1. The summed E-state index contributed by atoms with van der Waals surface area (Å²) in [6.45, 7) is 0. The predicted molar refractivity (Wildman–Crippen MR) is 59.7 cm³/mol. The molecule has 15 heavy (non-hydrogen) atoms. The first-order valence-electron chi connectivity index (χ1n) is 5.26. The van der Waals surface area contributed by atoms with E-state index in [1.165, 1.54) is 30.9 Å². The Kier molecular flexibility index (Phi) is 2.86. The number of benzene rings is 1. The normalized spacial score (nSPS) is 16.5. The molecule has 1 aromatic carbocycles. The lowest BCUT2D eigenvalue weighted by Gasteiger charge is -2.25. The number of carboxylic acids is 1. The zero-order valence-corrected chi connectivity index (χ0v) is 8.52. The molecule has 2 rings (SSSR count). The van der Waals surface area contributed by atoms with Gasteiger partial charge in [-0.25, -0.2) is 4.79 Å². The summed E-state index contributed by atoms with van der Waals surface area (Å²) in [5.41, 5.74) is 2.33. The van der Waals surface area contributed by atoms with E-state index in [1.54, 1.807) is 6.08 Å². The number of carboxylic acid groups (broad SMARTS) is 1. The van der Waals surface area contributed by atoms with Crippen LogP contribution in [0.4, 0.5) is 0 Å². The van der Waals surface area contributed by atoms with Gasteiger partial charge in [-0.3, -0.25) is 0 Å². The van der Waals surface area contributed by atoms with Gasteiger partial charge < -0.3 is 5.11 Å². The second kappa shape index (κ2) is 4.30. The smallest absolute Gasteiger partial charge is 0.328 e. The Hall–Kier alpha value is -1.57. The molecule has 1 fully saturated rings. The van der Waals surface area contributed by atoms with Crippen LogP contribution >= 0.6 is 0 Å². The molecule has 2 nitrogen and oxygen atoms in total. The summed E-state index contributed by atoms with van der Waals surface area (Å²) in [5.74, 6) is -0.166. The fourth-order valence-electron chi connectivity index (χ4n) is 1.79. The number of hydrogen-bond donors (Lipinski definition) is 1. The van der Waals surface area contributed by atoms with E-state index in [0.717, 1.165) is 11.5 Å². The van der Waals surface area contributed by atoms with Crippen molar-refractivity contribution in [1.29, 1.82) is 0 Å². The fraction of sp³-hybridized carbons (Fsp3) is 0.308. The van der Waals surface area contributed by atoms with E-state index in [9.17, 15) is 4.79 Å². The summed E-state index contributed by atoms with van der Waals surface area (Å²) >= 11 is 0. The van der Waals surface area contributed by atoms with Crippen molar-refractivity contribution in [2.24, 2.45) is 0 Å². The Morgan fingerprint density at radius 1 is 1.27 bits per heavy atom. The van der Waals surface area contributed by atoms with Gasteiger partial charge in [-0.05, 0) is 36.0 Å². The van der Waals surface area contributed by atoms with Gasteiger partial charge in [0.25, 0.3) is 0 Å². The van der Waals surface area contributed by atoms with Crippen molar-refractivity contribution < 1.29 is 9.90 Å². The summed E-state index contributed by atoms with van der Waals surface area (Å²) in [5, 5.41) is 8.48. The quantitative estimate of drug-likeness (QED) is 0.765. The summed E-state index contributed by atoms with van der Waals surface area (Å²) in [6, 6.07) is 8.16. The minimum absolute atomic E-state index is 0.738. The lowest BCUT2D eigenvalue weighted by Crippen LogP contribution is -2.08. The molecule has 0 aromatic heterocycles. The van der Waals surface area contributed by atoms with Gasteiger partial charge >= 0.3 is 5.97 Å². The topological polar surface area (TPSA) is 37.3 Å². The summed E-state index contributed by atoms with van der Waals surface area (Å²) < 4.78 is 0. The molecule has 1 aromatic rings. The fourth-order valence-corrected chi connectivity index (χ4v) is 1.79. The number of hydrogen-bond acceptors (Lipinski definition) is 1. The molecule has 0 spiro atoms. The molecule has 2 heteroatoms. The minimum Gasteiger partial charge on any atom is -0.478 e. The molecule has 1 N–H and O–H groups in total. The highest BCUT2D eigenvalue weighted by Gasteiger charge is 2.18. The highest BCUT2D eigenvalue weighted by molar-refractivity contribution is 5.85. The Morgan fingerprint density at radius 2 is 1.93 bits per heavy atom. The zero-order chi connectivity index (χ0) is 10.7. The van der Waals surface area contributed by atoms with Crippen molar-refractivity contribution >= 4 is 12.0 Å². The average Bonchev–Trinajstić information content (AvgIpc) is 2.14. The zero-order valence-electron chi connectivity index (χ0n) is 8.52. The van der Waals surface area contributed by atoms with Gasteiger partial charge in [0.2, 0.25) is 0 Å². The third-order valence-electron chi connectivity index (χ3n) is 2.93. The van der Waals surface area contributed by atoms with E-state index in [0.29, 0.717) is 0 Å². The van der Waals surface area contributed by atoms with Crippen LogP contribution in [-0.4, -0.2) is 11.1 Å². The SMILES string of the molecule is O=C(O)/C=C/c1ccc(C2CCC2)cc1. The van der Waals surface area contributed by atoms with Crippen LogP contribution in [0.1, 0.15) is 36.3 Å². The molecule has 0 atom stereocenters. The van der Waals surface area contributed by atoms with Crippen molar-refractivity contribution in [3.63, 3.8) is 0 Å². The lowest BCUT2D eigenvalue weighted by molar-refractivity contribution is -0.131. The molecule has 0 amide bonds. The third-order valence-corrected chi connectivity index (χ3v) is 2.93. The molecule has 0 unspecified atom stereocenters. The molecule has 78 valence electrons. The molecular weight excluding hydrogens is 188 g/mol. The van der Waals surface area contributed by atoms with Crippen LogP contribution in [0.25, 0.3) is 6.08 Å². The Morgan fingerprint density at radius 3 is 2.40 bits per heavy atom. The molecule has 0 saturated heterocycles. The highest BCUT2D eigenvalue weighted by atomic mass is 16.4. The summed E-state index contributed by atoms with van der Waals surface area (Å²) in [6.07, 6.45) is 6.71. The molecular formula is C13H14O2. The van der Waals surface area contributed by atoms with Gasteiger partial charge in [-0.2, -0.15) is 0 Å². The van der Waals surface area contributed by atoms with Crippen LogP contribution in [0.5, 0.6) is 0 Å². The molecule has 1 aliphatic carbocycles. The van der Waals surface area contributed by atoms with E-state index in [-0.39, 0.29) is 0 Å². The standard InChI is InChI=1S/C13H14O2/c14-13(15)9-6-10-4-7-12(8-5-10)11-2-1-3-11/h4-9,11H,1-3H2,(H,14,15)/b9-6+. The monoisotopic (exact) mass is 202 g/mol. The van der Waals surface area contributed by atoms with Crippen molar-refractivity contribution in [3.05, 3.63) is 41.5 Å². The Balaban J connectivity index is 2.06. The highest BCUT2D eigenvalue weighted by Crippen LogP contribution is 2.36. The van der Waals surface area contributed by atoms with E-state index >= 15 is 0 Å². The van der Waals surface area contributed by atoms with E-state index < -0.39 is 5.97 Å². The van der Waals surface area contributed by atoms with Crippen LogP contribution in [0, 0.1) is 0 Å². The maximum atomic E-state index is 10.3. The molecule has 1 aliphatic rings. The minimum atomic E-state index is -0.905. The molecule has 0 aliphatic heterocycles. The van der Waals surface area contributed by atoms with Crippen LogP contribution in [0.3, 0.4) is 0 Å². The largest absolute Gasteiger partial charge is 0.478 e. The van der Waals surface area contributed by atoms with Gasteiger partial charge in [-0.15, -0.1) is 0 Å². The second-order valence-electron chi connectivity index (χ2n) is 3.97. The molecule has 1 saturated carbocycles. The Bertz CT molecular complexity index is 372. The average molecular weight is 202 g/mol. The van der Waals surface area contributed by atoms with Crippen molar-refractivity contribution in [2.45, 2.75) is 25.2 Å². The van der Waals surface area contributed by atoms with Gasteiger partial charge in [0.15, 0.2) is 0 Å². The first-order valence-corrected chi connectivity index (χ1v) is 5.26. The van der Waals surface area contributed by atoms with Crippen molar-refractivity contribution in [1.82, 2.24) is 0 Å². The maximum Gasteiger partial charge on any atom is 0.328 e. The first kappa shape index (κ1) is 9.97. The lowest BCUT2D eigenvalue weighted by atomic mass is 9.80. The van der Waals surface area contributed by atoms with E-state index in [4.69, 9.17) is 5.11 Å². The second-order valence-corrected chi connectivity index (χ2v) is 3.97. The van der Waals surface area contributed by atoms with Crippen LogP contribution in [0.15, 0.2) is 30.3 Å². The van der Waals surface area contributed by atoms with E-state index in [2.05, 4.69) is 12.1 Å². The van der Waals surface area contributed by atoms with E-state index in [1.807, 2.05) is 12.1 Å². The summed E-state index contributed by atoms with van der Waals surface area (Å²) in [7, 11) is 0. The number of rotatable bonds is 3. The van der Waals surface area contributed by atoms with Crippen LogP contribution in [0.2, 0.25) is 0 Å². The van der Waals surface area contributed by atoms with Gasteiger partial charge in [-0.1, -0.05) is 30.7 Å². The van der Waals surface area contributed by atoms with Crippen LogP contribution in [-0.2, 0) is 4.79 Å². The molecule has 0 radical (unpaired) electrons. The number of carbonyl (C=O) groups is 1. The van der Waals surface area contributed by atoms with Gasteiger partial charge in [0, 0.05) is 6.08 Å². The predicted octanol–water partition coefficient (Wildman–Crippen LogP) is 3.05. The molecule has 0 bridgehead atoms. The molecule has 0 heterocycles. The van der Waals surface area contributed by atoms with Gasteiger partial charge in [0.1, 0.15) is 0 Å². The van der Waals surface area contributed by atoms with Crippen molar-refractivity contribution in [2.75, 3.05) is 0 Å². The first-order chi connectivity index (χ1) is 7.25. The maximum absolute atomic E-state index is 10.3. The van der Waals surface area contributed by atoms with Gasteiger partial charge in [0.05, 0.1) is 0 Å². The van der Waals surface area contributed by atoms with Crippen molar-refractivity contribution in [3.8, 4) is 0 Å². The Labute approximate surface area is 89.2 Å². The van der Waals surface area contributed by atoms with Crippen LogP contribution < -0.4 is 0 Å². The summed E-state index contributed by atoms with van der Waals surface area (Å²) in [4.78, 5) is 10.3.